The van der Waals surface area contributed by atoms with E-state index in [1.807, 2.05) is 19.0 Å². The number of tetrazole rings is 1. The lowest BCUT2D eigenvalue weighted by Gasteiger charge is -2.49. The molecule has 2 unspecified atom stereocenters. The zero-order valence-electron chi connectivity index (χ0n) is 20.5. The Labute approximate surface area is 229 Å². The number of nitrogens with zero attached hydrogens (tertiary/aromatic N) is 8. The Balaban J connectivity index is 1.46. The van der Waals surface area contributed by atoms with Crippen molar-refractivity contribution < 1.29 is 24.3 Å². The third kappa shape index (κ3) is 5.82. The Bertz CT molecular complexity index is 1320. The first-order chi connectivity index (χ1) is 18.2. The third-order valence-corrected chi connectivity index (χ3v) is 8.10. The number of amides is 2. The lowest BCUT2D eigenvalue weighted by atomic mass is 10.0. The van der Waals surface area contributed by atoms with Crippen LogP contribution in [0.5, 0.6) is 0 Å². The van der Waals surface area contributed by atoms with Crippen LogP contribution in [0.4, 0.5) is 5.13 Å². The van der Waals surface area contributed by atoms with Gasteiger partial charge in [0.25, 0.3) is 11.8 Å². The molecule has 2 aliphatic heterocycles. The highest BCUT2D eigenvalue weighted by molar-refractivity contribution is 8.02. The molecule has 202 valence electrons. The number of hydrogen-bond donors (Lipinski definition) is 3. The number of thioether (sulfide) groups is 2. The highest BCUT2D eigenvalue weighted by atomic mass is 32.2. The van der Waals surface area contributed by atoms with E-state index in [9.17, 15) is 19.5 Å². The monoisotopic (exact) mass is 580 g/mol. The largest absolute Gasteiger partial charge is 0.477 e. The number of carboxylic acid groups (broad SMARTS) is 1. The number of thiazole rings is 1. The third-order valence-electron chi connectivity index (χ3n) is 5.35. The molecular formula is C20H24N10O5S3. The second kappa shape index (κ2) is 11.9. The van der Waals surface area contributed by atoms with Gasteiger partial charge in [0.1, 0.15) is 29.9 Å². The highest BCUT2D eigenvalue weighted by Gasteiger charge is 2.54. The van der Waals surface area contributed by atoms with Crippen molar-refractivity contribution in [3.8, 4) is 0 Å². The molecule has 0 spiro atoms. The van der Waals surface area contributed by atoms with Gasteiger partial charge in [-0.05, 0) is 41.6 Å². The fourth-order valence-electron chi connectivity index (χ4n) is 3.57. The molecule has 1 saturated heterocycles. The average molecular weight is 581 g/mol. The number of nitrogens with one attached hydrogen (secondary N) is 1. The SMILES string of the molecule is CON=C(C(=O)NC1C(=O)N2C(C(=O)O)=C(C=CSc3nnnn3CCN(C)C)CSC12)c1csc(N)n1. The molecule has 1 fully saturated rings. The molecule has 0 bridgehead atoms. The van der Waals surface area contributed by atoms with Crippen molar-refractivity contribution >= 4 is 63.5 Å². The summed E-state index contributed by atoms with van der Waals surface area (Å²) in [5, 5.41) is 31.3. The molecule has 18 heteroatoms. The van der Waals surface area contributed by atoms with Crippen molar-refractivity contribution in [2.75, 3.05) is 39.2 Å². The van der Waals surface area contributed by atoms with Gasteiger partial charge in [0.2, 0.25) is 5.16 Å². The summed E-state index contributed by atoms with van der Waals surface area (Å²) in [6.07, 6.45) is 1.64. The van der Waals surface area contributed by atoms with Gasteiger partial charge in [-0.1, -0.05) is 16.9 Å². The minimum Gasteiger partial charge on any atom is -0.477 e. The van der Waals surface area contributed by atoms with Gasteiger partial charge in [-0.3, -0.25) is 14.5 Å². The van der Waals surface area contributed by atoms with Crippen LogP contribution in [0.3, 0.4) is 0 Å². The van der Waals surface area contributed by atoms with E-state index in [-0.39, 0.29) is 22.2 Å². The zero-order chi connectivity index (χ0) is 27.4. The van der Waals surface area contributed by atoms with Crippen LogP contribution in [0.25, 0.3) is 0 Å². The van der Waals surface area contributed by atoms with E-state index in [2.05, 4.69) is 31.0 Å². The number of rotatable bonds is 11. The normalized spacial score (nSPS) is 19.6. The molecule has 0 aromatic carbocycles. The highest BCUT2D eigenvalue weighted by Crippen LogP contribution is 2.41. The molecule has 4 N–H and O–H groups in total. The Morgan fingerprint density at radius 1 is 1.45 bits per heavy atom. The molecule has 0 aliphatic carbocycles. The van der Waals surface area contributed by atoms with Gasteiger partial charge in [0.15, 0.2) is 10.8 Å². The molecule has 0 saturated carbocycles. The fourth-order valence-corrected chi connectivity index (χ4v) is 6.12. The predicted molar refractivity (Wildman–Crippen MR) is 141 cm³/mol. The van der Waals surface area contributed by atoms with E-state index < -0.39 is 29.2 Å². The van der Waals surface area contributed by atoms with E-state index >= 15 is 0 Å². The van der Waals surface area contributed by atoms with E-state index in [1.54, 1.807) is 21.5 Å². The first-order valence-electron chi connectivity index (χ1n) is 11.0. The number of nitrogen functional groups attached to an aromatic ring is 1. The maximum atomic E-state index is 13.0. The number of carbonyl (C=O) groups excluding carboxylic acids is 2. The van der Waals surface area contributed by atoms with Crippen molar-refractivity contribution in [1.29, 1.82) is 0 Å². The number of aliphatic carboxylic acids is 1. The Morgan fingerprint density at radius 2 is 2.24 bits per heavy atom. The molecule has 2 aromatic heterocycles. The van der Waals surface area contributed by atoms with Crippen LogP contribution in [0.2, 0.25) is 0 Å². The minimum absolute atomic E-state index is 0.133. The van der Waals surface area contributed by atoms with Crippen LogP contribution in [0, 0.1) is 0 Å². The Kier molecular flexibility index (Phi) is 8.65. The Morgan fingerprint density at radius 3 is 2.89 bits per heavy atom. The average Bonchev–Trinajstić information content (AvgIpc) is 3.52. The molecule has 2 aliphatic rings. The number of aromatic nitrogens is 5. The van der Waals surface area contributed by atoms with Crippen molar-refractivity contribution in [1.82, 2.24) is 40.3 Å². The van der Waals surface area contributed by atoms with E-state index in [1.165, 1.54) is 35.5 Å². The number of hydrogen-bond acceptors (Lipinski definition) is 14. The van der Waals surface area contributed by atoms with Gasteiger partial charge in [0.05, 0.1) is 6.54 Å². The smallest absolute Gasteiger partial charge is 0.352 e. The van der Waals surface area contributed by atoms with Gasteiger partial charge in [-0.15, -0.1) is 28.2 Å². The molecule has 38 heavy (non-hydrogen) atoms. The number of fused-ring (bicyclic) bond motifs is 1. The van der Waals surface area contributed by atoms with Crippen molar-refractivity contribution in [2.24, 2.45) is 5.16 Å². The van der Waals surface area contributed by atoms with Gasteiger partial charge in [0, 0.05) is 17.7 Å². The number of carbonyl (C=O) groups is 3. The lowest BCUT2D eigenvalue weighted by Crippen LogP contribution is -2.71. The van der Waals surface area contributed by atoms with Gasteiger partial charge in [-0.25, -0.2) is 14.5 Å². The van der Waals surface area contributed by atoms with Gasteiger partial charge < -0.3 is 25.9 Å². The van der Waals surface area contributed by atoms with Crippen LogP contribution in [-0.2, 0) is 25.8 Å². The second-order valence-corrected chi connectivity index (χ2v) is 11.0. The molecule has 2 amide bonds. The van der Waals surface area contributed by atoms with E-state index in [0.717, 1.165) is 17.9 Å². The molecule has 15 nitrogen and oxygen atoms in total. The maximum Gasteiger partial charge on any atom is 0.352 e. The molecule has 2 aromatic rings. The summed E-state index contributed by atoms with van der Waals surface area (Å²) >= 11 is 3.70. The van der Waals surface area contributed by atoms with Crippen LogP contribution in [0.15, 0.2) is 38.4 Å². The Hall–Kier alpha value is -3.48. The van der Waals surface area contributed by atoms with Gasteiger partial charge >= 0.3 is 5.97 Å². The van der Waals surface area contributed by atoms with Crippen LogP contribution >= 0.6 is 34.9 Å². The first-order valence-corrected chi connectivity index (χ1v) is 13.8. The number of likely N-dealkylation sites (N-methyl/N-ethyl adjacent to an activating group) is 1. The van der Waals surface area contributed by atoms with Crippen molar-refractivity contribution in [2.45, 2.75) is 23.1 Å². The fraction of sp³-hybridized carbons (Fsp3) is 0.400. The molecule has 2 atom stereocenters. The molecule has 4 heterocycles. The number of β-lactam (4-membered cyclic amide) rings is 1. The van der Waals surface area contributed by atoms with Crippen molar-refractivity contribution in [3.05, 3.63) is 33.8 Å². The van der Waals surface area contributed by atoms with Crippen LogP contribution in [0.1, 0.15) is 5.69 Å². The maximum absolute atomic E-state index is 13.0. The summed E-state index contributed by atoms with van der Waals surface area (Å²) < 4.78 is 1.65. The number of nitrogens with two attached hydrogens (primary N) is 1. The summed E-state index contributed by atoms with van der Waals surface area (Å²) in [4.78, 5) is 49.9. The standard InChI is InChI=1S/C20H24N10O5S3/c1-28(2)5-6-29-20(24-26-27-29)36-7-4-10-8-37-17-13(16(32)30(17)14(10)18(33)34)23-15(31)12(25-35-3)11-9-38-19(21)22-11/h4,7,9,13,17H,5-6,8H2,1-3H3,(H2,21,22)(H,23,31)(H,33,34). The number of carboxylic acids is 1. The summed E-state index contributed by atoms with van der Waals surface area (Å²) in [5.41, 5.74) is 6.03. The van der Waals surface area contributed by atoms with Gasteiger partial charge in [-0.2, -0.15) is 0 Å². The lowest BCUT2D eigenvalue weighted by molar-refractivity contribution is -0.150. The van der Waals surface area contributed by atoms with Crippen LogP contribution in [-0.4, -0.2) is 109 Å². The minimum atomic E-state index is -1.24. The number of oxime groups is 1. The second-order valence-electron chi connectivity index (χ2n) is 8.14. The summed E-state index contributed by atoms with van der Waals surface area (Å²) in [7, 11) is 5.17. The van der Waals surface area contributed by atoms with Crippen molar-refractivity contribution in [3.63, 3.8) is 0 Å². The number of allylic oxidation sites excluding steroid dienone is 1. The summed E-state index contributed by atoms with van der Waals surface area (Å²) in [5.74, 6) is -2.17. The number of anilines is 1. The summed E-state index contributed by atoms with van der Waals surface area (Å²) in [6.45, 7) is 1.35. The van der Waals surface area contributed by atoms with E-state index in [4.69, 9.17) is 10.6 Å². The molecular weight excluding hydrogens is 556 g/mol. The summed E-state index contributed by atoms with van der Waals surface area (Å²) in [6, 6.07) is -0.943. The quantitative estimate of drug-likeness (QED) is 0.135. The molecule has 4 rings (SSSR count). The molecule has 0 radical (unpaired) electrons. The first kappa shape index (κ1) is 27.6. The van der Waals surface area contributed by atoms with Crippen LogP contribution < -0.4 is 11.1 Å². The predicted octanol–water partition coefficient (Wildman–Crippen LogP) is -0.331. The topological polar surface area (TPSA) is 194 Å². The zero-order valence-corrected chi connectivity index (χ0v) is 22.9. The van der Waals surface area contributed by atoms with E-state index in [0.29, 0.717) is 23.0 Å².